The summed E-state index contributed by atoms with van der Waals surface area (Å²) in [6.45, 7) is 5.75. The third-order valence-electron chi connectivity index (χ3n) is 5.16. The molecule has 0 spiro atoms. The second-order valence-electron chi connectivity index (χ2n) is 7.53. The van der Waals surface area contributed by atoms with Crippen molar-refractivity contribution in [3.63, 3.8) is 0 Å². The maximum Gasteiger partial charge on any atom is 0.324 e. The lowest BCUT2D eigenvalue weighted by Crippen LogP contribution is -2.32. The number of urea groups is 1. The molecule has 0 atom stereocenters. The predicted molar refractivity (Wildman–Crippen MR) is 123 cm³/mol. The number of anilines is 1. The highest BCUT2D eigenvalue weighted by molar-refractivity contribution is 5.94. The zero-order chi connectivity index (χ0) is 21.7. The second kappa shape index (κ2) is 12.6. The van der Waals surface area contributed by atoms with Crippen LogP contribution in [0.5, 0.6) is 5.75 Å². The smallest absolute Gasteiger partial charge is 0.324 e. The average molecular weight is 425 g/mol. The summed E-state index contributed by atoms with van der Waals surface area (Å²) in [5, 5.41) is 3.96. The molecule has 3 rings (SSSR count). The molecule has 0 N–H and O–H groups in total. The van der Waals surface area contributed by atoms with Gasteiger partial charge in [0.25, 0.3) is 0 Å². The number of hydrogen-bond acceptors (Lipinski definition) is 5. The summed E-state index contributed by atoms with van der Waals surface area (Å²) in [6, 6.07) is 11.7. The van der Waals surface area contributed by atoms with E-state index in [0.717, 1.165) is 68.7 Å². The van der Waals surface area contributed by atoms with Crippen LogP contribution in [0.15, 0.2) is 53.9 Å². The van der Waals surface area contributed by atoms with Crippen LogP contribution in [0, 0.1) is 0 Å². The van der Waals surface area contributed by atoms with Crippen molar-refractivity contribution in [2.45, 2.75) is 39.0 Å². The molecule has 1 fully saturated rings. The summed E-state index contributed by atoms with van der Waals surface area (Å²) in [5.74, 6) is 0.853. The van der Waals surface area contributed by atoms with Crippen molar-refractivity contribution in [2.75, 3.05) is 37.7 Å². The summed E-state index contributed by atoms with van der Waals surface area (Å²) >= 11 is 0. The molecular formula is C24H32N4O3. The molecule has 7 nitrogen and oxygen atoms in total. The zero-order valence-electron chi connectivity index (χ0n) is 18.3. The van der Waals surface area contributed by atoms with Crippen LogP contribution in [0.3, 0.4) is 0 Å². The number of hydrogen-bond donors (Lipinski definition) is 0. The molecule has 0 radical (unpaired) electrons. The van der Waals surface area contributed by atoms with E-state index in [-0.39, 0.29) is 6.03 Å². The molecule has 2 amide bonds. The number of rotatable bonds is 13. The molecule has 166 valence electrons. The van der Waals surface area contributed by atoms with Crippen molar-refractivity contribution in [3.05, 3.63) is 54.4 Å². The Kier molecular flexibility index (Phi) is 9.16. The van der Waals surface area contributed by atoms with Gasteiger partial charge in [-0.2, -0.15) is 0 Å². The van der Waals surface area contributed by atoms with E-state index in [9.17, 15) is 4.79 Å². The van der Waals surface area contributed by atoms with Crippen molar-refractivity contribution >= 4 is 17.9 Å². The molecule has 1 aliphatic heterocycles. The van der Waals surface area contributed by atoms with Crippen LogP contribution < -0.4 is 9.64 Å². The number of carbonyl (C=O) groups is 1. The Morgan fingerprint density at radius 3 is 2.58 bits per heavy atom. The third-order valence-corrected chi connectivity index (χ3v) is 5.16. The van der Waals surface area contributed by atoms with Gasteiger partial charge < -0.3 is 14.5 Å². The van der Waals surface area contributed by atoms with E-state index in [0.29, 0.717) is 13.2 Å². The van der Waals surface area contributed by atoms with Crippen molar-refractivity contribution in [1.29, 1.82) is 0 Å². The summed E-state index contributed by atoms with van der Waals surface area (Å²) in [4.78, 5) is 25.5. The van der Waals surface area contributed by atoms with E-state index in [2.05, 4.69) is 17.1 Å². The van der Waals surface area contributed by atoms with Crippen LogP contribution in [0.25, 0.3) is 0 Å². The fourth-order valence-corrected chi connectivity index (χ4v) is 3.34. The van der Waals surface area contributed by atoms with Gasteiger partial charge in [-0.05, 0) is 67.6 Å². The Morgan fingerprint density at radius 1 is 1.00 bits per heavy atom. The quantitative estimate of drug-likeness (QED) is 0.265. The molecule has 2 heterocycles. The van der Waals surface area contributed by atoms with Gasteiger partial charge in [-0.1, -0.05) is 18.5 Å². The Morgan fingerprint density at radius 2 is 1.81 bits per heavy atom. The van der Waals surface area contributed by atoms with Crippen molar-refractivity contribution in [3.8, 4) is 5.75 Å². The standard InChI is InChI=1S/C24H32N4O3/c1-2-3-19-31-26-20-21-7-9-23(10-8-21)30-18-6-4-5-15-27-16-17-28(24(27)29)22-11-13-25-14-12-22/h7-14,20H,2-6,15-19H2,1H3/b26-20+. The lowest BCUT2D eigenvalue weighted by atomic mass is 10.2. The molecule has 0 saturated carbocycles. The van der Waals surface area contributed by atoms with Gasteiger partial charge in [0.1, 0.15) is 12.4 Å². The van der Waals surface area contributed by atoms with Gasteiger partial charge in [0, 0.05) is 37.7 Å². The molecule has 1 aromatic heterocycles. The SMILES string of the molecule is CCCCO/N=C/c1ccc(OCCCCCN2CCN(c3ccncc3)C2=O)cc1. The number of benzene rings is 1. The van der Waals surface area contributed by atoms with Crippen LogP contribution in [0.4, 0.5) is 10.5 Å². The topological polar surface area (TPSA) is 67.3 Å². The van der Waals surface area contributed by atoms with E-state index in [4.69, 9.17) is 9.57 Å². The fourth-order valence-electron chi connectivity index (χ4n) is 3.34. The molecule has 31 heavy (non-hydrogen) atoms. The molecule has 0 unspecified atom stereocenters. The minimum atomic E-state index is 0.0850. The number of nitrogens with zero attached hydrogens (tertiary/aromatic N) is 4. The summed E-state index contributed by atoms with van der Waals surface area (Å²) in [5.41, 5.74) is 1.90. The van der Waals surface area contributed by atoms with Gasteiger partial charge in [-0.3, -0.25) is 9.88 Å². The number of amides is 2. The maximum absolute atomic E-state index is 12.5. The molecule has 0 aliphatic carbocycles. The first kappa shape index (κ1) is 22.6. The highest BCUT2D eigenvalue weighted by Crippen LogP contribution is 2.19. The van der Waals surface area contributed by atoms with Gasteiger partial charge in [0.15, 0.2) is 0 Å². The third kappa shape index (κ3) is 7.27. The molecule has 7 heteroatoms. The molecular weight excluding hydrogens is 392 g/mol. The molecule has 1 aliphatic rings. The average Bonchev–Trinajstić information content (AvgIpc) is 3.17. The van der Waals surface area contributed by atoms with Gasteiger partial charge in [0.2, 0.25) is 0 Å². The lowest BCUT2D eigenvalue weighted by Gasteiger charge is -2.18. The minimum absolute atomic E-state index is 0.0850. The minimum Gasteiger partial charge on any atom is -0.494 e. The Hall–Kier alpha value is -3.09. The van der Waals surface area contributed by atoms with Crippen LogP contribution in [0.2, 0.25) is 0 Å². The number of carbonyl (C=O) groups excluding carboxylic acids is 1. The number of pyridine rings is 1. The van der Waals surface area contributed by atoms with Crippen molar-refractivity contribution in [1.82, 2.24) is 9.88 Å². The number of unbranched alkanes of at least 4 members (excludes halogenated alkanes) is 3. The first-order valence-corrected chi connectivity index (χ1v) is 11.1. The monoisotopic (exact) mass is 424 g/mol. The van der Waals surface area contributed by atoms with Gasteiger partial charge in [-0.15, -0.1) is 0 Å². The number of oxime groups is 1. The first-order valence-electron chi connectivity index (χ1n) is 11.1. The van der Waals surface area contributed by atoms with Gasteiger partial charge in [0.05, 0.1) is 12.8 Å². The maximum atomic E-state index is 12.5. The Balaban J connectivity index is 1.27. The zero-order valence-corrected chi connectivity index (χ0v) is 18.3. The van der Waals surface area contributed by atoms with E-state index >= 15 is 0 Å². The van der Waals surface area contributed by atoms with E-state index < -0.39 is 0 Å². The number of ether oxygens (including phenoxy) is 1. The normalized spacial score (nSPS) is 13.9. The highest BCUT2D eigenvalue weighted by Gasteiger charge is 2.28. The summed E-state index contributed by atoms with van der Waals surface area (Å²) in [7, 11) is 0. The van der Waals surface area contributed by atoms with Crippen LogP contribution >= 0.6 is 0 Å². The number of aromatic nitrogens is 1. The van der Waals surface area contributed by atoms with Gasteiger partial charge >= 0.3 is 6.03 Å². The lowest BCUT2D eigenvalue weighted by molar-refractivity contribution is 0.143. The molecule has 2 aromatic rings. The van der Waals surface area contributed by atoms with Crippen LogP contribution in [-0.4, -0.2) is 55.0 Å². The Labute approximate surface area is 184 Å². The molecule has 0 bridgehead atoms. The highest BCUT2D eigenvalue weighted by atomic mass is 16.6. The van der Waals surface area contributed by atoms with Crippen molar-refractivity contribution < 1.29 is 14.4 Å². The molecule has 1 aromatic carbocycles. The second-order valence-corrected chi connectivity index (χ2v) is 7.53. The predicted octanol–water partition coefficient (Wildman–Crippen LogP) is 4.72. The van der Waals surface area contributed by atoms with Crippen LogP contribution in [-0.2, 0) is 4.84 Å². The van der Waals surface area contributed by atoms with E-state index in [1.165, 1.54) is 0 Å². The van der Waals surface area contributed by atoms with E-state index in [1.807, 2.05) is 46.2 Å². The largest absolute Gasteiger partial charge is 0.494 e. The molecule has 1 saturated heterocycles. The van der Waals surface area contributed by atoms with Gasteiger partial charge in [-0.25, -0.2) is 4.79 Å². The van der Waals surface area contributed by atoms with E-state index in [1.54, 1.807) is 18.6 Å². The summed E-state index contributed by atoms with van der Waals surface area (Å²) in [6.07, 6.45) is 10.2. The van der Waals surface area contributed by atoms with Crippen LogP contribution in [0.1, 0.15) is 44.6 Å². The Bertz CT molecular complexity index is 811. The fraction of sp³-hybridized carbons (Fsp3) is 0.458. The first-order chi connectivity index (χ1) is 15.3. The van der Waals surface area contributed by atoms with Crippen molar-refractivity contribution in [2.24, 2.45) is 5.16 Å². The summed E-state index contributed by atoms with van der Waals surface area (Å²) < 4.78 is 5.82.